The van der Waals surface area contributed by atoms with E-state index in [0.29, 0.717) is 12.2 Å². The molecule has 0 bridgehead atoms. The minimum atomic E-state index is -1.08. The second-order valence-corrected chi connectivity index (χ2v) is 5.74. The summed E-state index contributed by atoms with van der Waals surface area (Å²) >= 11 is 0. The van der Waals surface area contributed by atoms with E-state index < -0.39 is 23.8 Å². The summed E-state index contributed by atoms with van der Waals surface area (Å²) < 4.78 is 0. The van der Waals surface area contributed by atoms with Gasteiger partial charge in [-0.15, -0.1) is 0 Å². The van der Waals surface area contributed by atoms with Crippen LogP contribution in [-0.2, 0) is 9.59 Å². The zero-order valence-electron chi connectivity index (χ0n) is 13.5. The quantitative estimate of drug-likeness (QED) is 0.562. The number of nitrogens with one attached hydrogen (secondary N) is 2. The lowest BCUT2D eigenvalue weighted by molar-refractivity contribution is -0.856. The van der Waals surface area contributed by atoms with E-state index in [9.17, 15) is 14.4 Å². The summed E-state index contributed by atoms with van der Waals surface area (Å²) in [5, 5.41) is 2.22. The molecule has 23 heavy (non-hydrogen) atoms. The van der Waals surface area contributed by atoms with E-state index in [-0.39, 0.29) is 0 Å². The number of benzene rings is 1. The number of para-hydroxylation sites is 1. The first-order valence-electron chi connectivity index (χ1n) is 7.45. The maximum absolute atomic E-state index is 12.6. The van der Waals surface area contributed by atoms with Gasteiger partial charge in [0.05, 0.1) is 32.9 Å². The summed E-state index contributed by atoms with van der Waals surface area (Å²) in [7, 11) is 3.99. The molecule has 1 aliphatic heterocycles. The second-order valence-electron chi connectivity index (χ2n) is 5.74. The van der Waals surface area contributed by atoms with E-state index in [1.807, 2.05) is 20.2 Å². The SMILES string of the molecule is Cc1ccccc1N1C(=O)NC(=O)[C@@H](C=NCC[NH+](C)C)C1=O. The predicted molar refractivity (Wildman–Crippen MR) is 86.7 cm³/mol. The Balaban J connectivity index is 2.22. The molecule has 1 aromatic carbocycles. The summed E-state index contributed by atoms with van der Waals surface area (Å²) in [4.78, 5) is 42.9. The number of likely N-dealkylation sites (N-methyl/N-ethyl adjacent to an activating group) is 1. The molecule has 1 fully saturated rings. The number of aliphatic imine (C=N–C) groups is 1. The van der Waals surface area contributed by atoms with Crippen molar-refractivity contribution in [2.24, 2.45) is 10.9 Å². The molecule has 0 saturated carbocycles. The minimum absolute atomic E-state index is 0.471. The van der Waals surface area contributed by atoms with Crippen molar-refractivity contribution in [3.8, 4) is 0 Å². The highest BCUT2D eigenvalue weighted by Gasteiger charge is 2.40. The van der Waals surface area contributed by atoms with Gasteiger partial charge >= 0.3 is 6.03 Å². The smallest absolute Gasteiger partial charge is 0.335 e. The van der Waals surface area contributed by atoms with Crippen LogP contribution in [0.4, 0.5) is 10.5 Å². The number of urea groups is 1. The summed E-state index contributed by atoms with van der Waals surface area (Å²) in [6, 6.07) is 6.31. The van der Waals surface area contributed by atoms with Gasteiger partial charge in [-0.25, -0.2) is 9.69 Å². The van der Waals surface area contributed by atoms with Gasteiger partial charge in [0.1, 0.15) is 0 Å². The highest BCUT2D eigenvalue weighted by molar-refractivity contribution is 6.32. The molecule has 0 spiro atoms. The number of imide groups is 2. The lowest BCUT2D eigenvalue weighted by Crippen LogP contribution is -3.06. The van der Waals surface area contributed by atoms with Crippen molar-refractivity contribution in [3.63, 3.8) is 0 Å². The molecule has 1 aromatic rings. The molecular formula is C16H21N4O3+. The summed E-state index contributed by atoms with van der Waals surface area (Å²) in [6.07, 6.45) is 1.33. The van der Waals surface area contributed by atoms with E-state index >= 15 is 0 Å². The second kappa shape index (κ2) is 7.15. The van der Waals surface area contributed by atoms with Crippen LogP contribution >= 0.6 is 0 Å². The van der Waals surface area contributed by atoms with Crippen molar-refractivity contribution in [1.82, 2.24) is 5.32 Å². The van der Waals surface area contributed by atoms with Crippen molar-refractivity contribution in [2.75, 3.05) is 32.1 Å². The summed E-state index contributed by atoms with van der Waals surface area (Å²) in [5.41, 5.74) is 1.25. The lowest BCUT2D eigenvalue weighted by Gasteiger charge is -2.29. The minimum Gasteiger partial charge on any atom is -0.338 e. The molecule has 0 aliphatic carbocycles. The Morgan fingerprint density at radius 2 is 1.96 bits per heavy atom. The molecule has 1 aliphatic rings. The van der Waals surface area contributed by atoms with Gasteiger partial charge < -0.3 is 4.90 Å². The number of nitrogens with zero attached hydrogens (tertiary/aromatic N) is 2. The molecule has 2 rings (SSSR count). The normalized spacial score (nSPS) is 18.9. The van der Waals surface area contributed by atoms with Crippen LogP contribution in [0, 0.1) is 12.8 Å². The molecule has 2 N–H and O–H groups in total. The van der Waals surface area contributed by atoms with E-state index in [1.54, 1.807) is 25.1 Å². The highest BCUT2D eigenvalue weighted by atomic mass is 16.2. The average molecular weight is 317 g/mol. The van der Waals surface area contributed by atoms with Crippen LogP contribution in [-0.4, -0.2) is 51.2 Å². The largest absolute Gasteiger partial charge is 0.338 e. The number of anilines is 1. The number of hydrogen-bond donors (Lipinski definition) is 2. The van der Waals surface area contributed by atoms with Crippen molar-refractivity contribution < 1.29 is 19.3 Å². The third-order valence-corrected chi connectivity index (χ3v) is 3.55. The first-order valence-corrected chi connectivity index (χ1v) is 7.45. The van der Waals surface area contributed by atoms with Crippen molar-refractivity contribution in [1.29, 1.82) is 0 Å². The Labute approximate surface area is 135 Å². The Bertz CT molecular complexity index is 654. The first-order chi connectivity index (χ1) is 10.9. The van der Waals surface area contributed by atoms with E-state index in [2.05, 4.69) is 10.3 Å². The number of carbonyl (C=O) groups is 3. The molecule has 0 radical (unpaired) electrons. The monoisotopic (exact) mass is 317 g/mol. The van der Waals surface area contributed by atoms with Crippen molar-refractivity contribution in [3.05, 3.63) is 29.8 Å². The fourth-order valence-corrected chi connectivity index (χ4v) is 2.23. The predicted octanol–water partition coefficient (Wildman–Crippen LogP) is -0.591. The lowest BCUT2D eigenvalue weighted by atomic mass is 10.0. The Kier molecular flexibility index (Phi) is 5.23. The summed E-state index contributed by atoms with van der Waals surface area (Å²) in [5.74, 6) is -2.29. The Morgan fingerprint density at radius 3 is 2.61 bits per heavy atom. The van der Waals surface area contributed by atoms with Crippen molar-refractivity contribution >= 4 is 29.7 Å². The molecule has 0 unspecified atom stereocenters. The van der Waals surface area contributed by atoms with Gasteiger partial charge in [-0.1, -0.05) is 18.2 Å². The van der Waals surface area contributed by atoms with Gasteiger partial charge in [-0.05, 0) is 18.6 Å². The van der Waals surface area contributed by atoms with Gasteiger partial charge in [0.2, 0.25) is 5.91 Å². The average Bonchev–Trinajstić information content (AvgIpc) is 2.47. The van der Waals surface area contributed by atoms with Gasteiger partial charge in [-0.3, -0.25) is 19.9 Å². The highest BCUT2D eigenvalue weighted by Crippen LogP contribution is 2.23. The summed E-state index contributed by atoms with van der Waals surface area (Å²) in [6.45, 7) is 3.10. The number of hydrogen-bond acceptors (Lipinski definition) is 4. The number of carbonyl (C=O) groups excluding carboxylic acids is 3. The zero-order chi connectivity index (χ0) is 17.0. The van der Waals surface area contributed by atoms with Crippen LogP contribution in [0.15, 0.2) is 29.3 Å². The Hall–Kier alpha value is -2.54. The van der Waals surface area contributed by atoms with Crippen LogP contribution in [0.25, 0.3) is 0 Å². The number of amides is 4. The molecule has 1 atom stereocenters. The van der Waals surface area contributed by atoms with Gasteiger partial charge in [-0.2, -0.15) is 0 Å². The number of aryl methyl sites for hydroxylation is 1. The molecular weight excluding hydrogens is 296 g/mol. The van der Waals surface area contributed by atoms with E-state index in [4.69, 9.17) is 0 Å². The van der Waals surface area contributed by atoms with Gasteiger partial charge in [0.25, 0.3) is 5.91 Å². The van der Waals surface area contributed by atoms with Crippen molar-refractivity contribution in [2.45, 2.75) is 6.92 Å². The van der Waals surface area contributed by atoms with Crippen LogP contribution < -0.4 is 15.1 Å². The standard InChI is InChI=1S/C16H20N4O3/c1-11-6-4-5-7-13(11)20-15(22)12(14(21)18-16(20)23)10-17-8-9-19(2)3/h4-7,10,12H,8-9H2,1-3H3,(H,18,21,23)/p+1/t12-/m1/s1. The molecule has 0 aromatic heterocycles. The third-order valence-electron chi connectivity index (χ3n) is 3.55. The fraction of sp³-hybridized carbons (Fsp3) is 0.375. The number of barbiturate groups is 1. The third kappa shape index (κ3) is 3.81. The maximum Gasteiger partial charge on any atom is 0.335 e. The first kappa shape index (κ1) is 16.8. The van der Waals surface area contributed by atoms with Crippen LogP contribution in [0.5, 0.6) is 0 Å². The van der Waals surface area contributed by atoms with Crippen LogP contribution in [0.2, 0.25) is 0 Å². The molecule has 1 heterocycles. The molecule has 4 amide bonds. The Morgan fingerprint density at radius 1 is 1.26 bits per heavy atom. The van der Waals surface area contributed by atoms with Gasteiger partial charge in [0.15, 0.2) is 5.92 Å². The molecule has 122 valence electrons. The molecule has 7 heteroatoms. The van der Waals surface area contributed by atoms with Crippen LogP contribution in [0.3, 0.4) is 0 Å². The number of quaternary nitrogens is 1. The van der Waals surface area contributed by atoms with E-state index in [1.165, 1.54) is 11.1 Å². The molecule has 7 nitrogen and oxygen atoms in total. The fourth-order valence-electron chi connectivity index (χ4n) is 2.23. The maximum atomic E-state index is 12.6. The number of rotatable bonds is 5. The zero-order valence-corrected chi connectivity index (χ0v) is 13.5. The van der Waals surface area contributed by atoms with E-state index in [0.717, 1.165) is 17.0 Å². The van der Waals surface area contributed by atoms with Crippen LogP contribution in [0.1, 0.15) is 5.56 Å². The van der Waals surface area contributed by atoms with Gasteiger partial charge in [0, 0.05) is 6.21 Å². The molecule has 1 saturated heterocycles. The topological polar surface area (TPSA) is 83.3 Å².